The predicted octanol–water partition coefficient (Wildman–Crippen LogP) is 4.76. The zero-order valence-electron chi connectivity index (χ0n) is 8.75. The number of aromatic nitrogens is 1. The summed E-state index contributed by atoms with van der Waals surface area (Å²) in [6, 6.07) is 9.35. The Hall–Kier alpha value is -0.770. The predicted molar refractivity (Wildman–Crippen MR) is 75.7 cm³/mol. The summed E-state index contributed by atoms with van der Waals surface area (Å²) in [6.07, 6.45) is 1.70. The average molecular weight is 332 g/mol. The lowest BCUT2D eigenvalue weighted by Crippen LogP contribution is -2.00. The van der Waals surface area contributed by atoms with Crippen LogP contribution in [0.4, 0.5) is 5.69 Å². The number of rotatable bonds is 3. The van der Waals surface area contributed by atoms with E-state index in [2.05, 4.69) is 26.2 Å². The molecule has 1 N–H and O–H groups in total. The van der Waals surface area contributed by atoms with Crippen LogP contribution in [0.15, 0.2) is 41.0 Å². The Morgan fingerprint density at radius 2 is 2.00 bits per heavy atom. The molecule has 2 aromatic rings. The van der Waals surface area contributed by atoms with Gasteiger partial charge in [-0.3, -0.25) is 0 Å². The molecule has 2 rings (SSSR count). The van der Waals surface area contributed by atoms with Crippen LogP contribution in [0, 0.1) is 0 Å². The quantitative estimate of drug-likeness (QED) is 0.820. The van der Waals surface area contributed by atoms with E-state index in [1.807, 2.05) is 24.3 Å². The maximum atomic E-state index is 5.88. The van der Waals surface area contributed by atoms with Crippen LogP contribution in [-0.2, 0) is 6.54 Å². The van der Waals surface area contributed by atoms with Crippen LogP contribution in [0.3, 0.4) is 0 Å². The topological polar surface area (TPSA) is 24.9 Å². The molecule has 0 atom stereocenters. The van der Waals surface area contributed by atoms with Gasteiger partial charge in [0.2, 0.25) is 0 Å². The fraction of sp³-hybridized carbons (Fsp3) is 0.0833. The molecule has 1 aromatic carbocycles. The number of nitrogens with one attached hydrogen (secondary N) is 1. The maximum Gasteiger partial charge on any atom is 0.129 e. The van der Waals surface area contributed by atoms with E-state index in [1.54, 1.807) is 12.3 Å². The van der Waals surface area contributed by atoms with Gasteiger partial charge in [-0.05, 0) is 29.8 Å². The van der Waals surface area contributed by atoms with Crippen molar-refractivity contribution in [3.8, 4) is 0 Å². The highest BCUT2D eigenvalue weighted by Crippen LogP contribution is 2.22. The van der Waals surface area contributed by atoms with Crippen LogP contribution in [0.1, 0.15) is 5.56 Å². The molecule has 17 heavy (non-hydrogen) atoms. The molecule has 0 aliphatic carbocycles. The summed E-state index contributed by atoms with van der Waals surface area (Å²) in [5.41, 5.74) is 2.06. The summed E-state index contributed by atoms with van der Waals surface area (Å²) in [5, 5.41) is 4.46. The zero-order valence-corrected chi connectivity index (χ0v) is 11.9. The molecule has 0 saturated carbocycles. The van der Waals surface area contributed by atoms with E-state index < -0.39 is 0 Å². The van der Waals surface area contributed by atoms with Gasteiger partial charge in [0.15, 0.2) is 0 Å². The molecule has 5 heteroatoms. The number of hydrogen-bond donors (Lipinski definition) is 1. The van der Waals surface area contributed by atoms with Crippen molar-refractivity contribution in [3.05, 3.63) is 56.7 Å². The smallest absolute Gasteiger partial charge is 0.129 e. The summed E-state index contributed by atoms with van der Waals surface area (Å²) >= 11 is 15.1. The summed E-state index contributed by atoms with van der Waals surface area (Å²) < 4.78 is 0.986. The van der Waals surface area contributed by atoms with E-state index in [9.17, 15) is 0 Å². The fourth-order valence-corrected chi connectivity index (χ4v) is 2.28. The van der Waals surface area contributed by atoms with E-state index in [4.69, 9.17) is 23.2 Å². The van der Waals surface area contributed by atoms with Crippen molar-refractivity contribution in [2.45, 2.75) is 6.54 Å². The lowest BCUT2D eigenvalue weighted by molar-refractivity contribution is 1.13. The van der Waals surface area contributed by atoms with Crippen LogP contribution < -0.4 is 5.32 Å². The number of anilines is 1. The Balaban J connectivity index is 2.04. The summed E-state index contributed by atoms with van der Waals surface area (Å²) in [6.45, 7) is 0.696. The Bertz CT molecular complexity index is 514. The van der Waals surface area contributed by atoms with Crippen molar-refractivity contribution in [1.82, 2.24) is 4.98 Å². The molecule has 0 spiro atoms. The number of nitrogens with zero attached hydrogens (tertiary/aromatic N) is 1. The SMILES string of the molecule is Clc1ccc(CNc2ccc(Cl)nc2)c(Br)c1. The van der Waals surface area contributed by atoms with Crippen LogP contribution >= 0.6 is 39.1 Å². The van der Waals surface area contributed by atoms with Crippen LogP contribution in [0.25, 0.3) is 0 Å². The van der Waals surface area contributed by atoms with Gasteiger partial charge in [0.1, 0.15) is 5.15 Å². The summed E-state index contributed by atoms with van der Waals surface area (Å²) in [4.78, 5) is 4.00. The highest BCUT2D eigenvalue weighted by molar-refractivity contribution is 9.10. The number of hydrogen-bond acceptors (Lipinski definition) is 2. The molecule has 0 aliphatic rings. The van der Waals surface area contributed by atoms with Gasteiger partial charge in [0.05, 0.1) is 11.9 Å². The van der Waals surface area contributed by atoms with E-state index in [0.29, 0.717) is 16.7 Å². The minimum absolute atomic E-state index is 0.489. The highest BCUT2D eigenvalue weighted by Gasteiger charge is 2.01. The van der Waals surface area contributed by atoms with Gasteiger partial charge >= 0.3 is 0 Å². The van der Waals surface area contributed by atoms with E-state index >= 15 is 0 Å². The van der Waals surface area contributed by atoms with Crippen molar-refractivity contribution >= 4 is 44.8 Å². The molecule has 0 saturated heterocycles. The number of pyridine rings is 1. The third-order valence-electron chi connectivity index (χ3n) is 2.23. The van der Waals surface area contributed by atoms with Gasteiger partial charge in [-0.15, -0.1) is 0 Å². The third-order valence-corrected chi connectivity index (χ3v) is 3.42. The van der Waals surface area contributed by atoms with Crippen molar-refractivity contribution < 1.29 is 0 Å². The normalized spacial score (nSPS) is 10.3. The average Bonchev–Trinajstić information content (AvgIpc) is 2.30. The third kappa shape index (κ3) is 3.60. The maximum absolute atomic E-state index is 5.88. The second-order valence-electron chi connectivity index (χ2n) is 3.46. The fourth-order valence-electron chi connectivity index (χ4n) is 1.34. The lowest BCUT2D eigenvalue weighted by atomic mass is 10.2. The second-order valence-corrected chi connectivity index (χ2v) is 5.14. The van der Waals surface area contributed by atoms with Crippen LogP contribution in [0.5, 0.6) is 0 Å². The minimum Gasteiger partial charge on any atom is -0.380 e. The first-order valence-electron chi connectivity index (χ1n) is 4.94. The Morgan fingerprint density at radius 3 is 2.65 bits per heavy atom. The molecular formula is C12H9BrCl2N2. The van der Waals surface area contributed by atoms with Gasteiger partial charge < -0.3 is 5.32 Å². The summed E-state index contributed by atoms with van der Waals surface area (Å²) in [7, 11) is 0. The van der Waals surface area contributed by atoms with Crippen molar-refractivity contribution in [2.75, 3.05) is 5.32 Å². The summed E-state index contributed by atoms with van der Waals surface area (Å²) in [5.74, 6) is 0. The first-order chi connectivity index (χ1) is 8.15. The molecule has 0 amide bonds. The van der Waals surface area contributed by atoms with Crippen LogP contribution in [0.2, 0.25) is 10.2 Å². The molecule has 0 fully saturated rings. The van der Waals surface area contributed by atoms with Gasteiger partial charge in [-0.1, -0.05) is 45.2 Å². The molecule has 0 aliphatic heterocycles. The molecule has 1 heterocycles. The van der Waals surface area contributed by atoms with Crippen molar-refractivity contribution in [1.29, 1.82) is 0 Å². The largest absolute Gasteiger partial charge is 0.380 e. The van der Waals surface area contributed by atoms with E-state index in [-0.39, 0.29) is 0 Å². The zero-order chi connectivity index (χ0) is 12.3. The highest BCUT2D eigenvalue weighted by atomic mass is 79.9. The Labute approximate surface area is 118 Å². The van der Waals surface area contributed by atoms with Crippen molar-refractivity contribution in [3.63, 3.8) is 0 Å². The van der Waals surface area contributed by atoms with E-state index in [1.165, 1.54) is 0 Å². The van der Waals surface area contributed by atoms with Gasteiger partial charge in [0.25, 0.3) is 0 Å². The van der Waals surface area contributed by atoms with Gasteiger partial charge in [-0.2, -0.15) is 0 Å². The number of halogens is 3. The van der Waals surface area contributed by atoms with Crippen LogP contribution in [-0.4, -0.2) is 4.98 Å². The monoisotopic (exact) mass is 330 g/mol. The molecule has 0 bridgehead atoms. The minimum atomic E-state index is 0.489. The lowest BCUT2D eigenvalue weighted by Gasteiger charge is -2.08. The molecule has 0 radical (unpaired) electrons. The van der Waals surface area contributed by atoms with E-state index in [0.717, 1.165) is 15.7 Å². The van der Waals surface area contributed by atoms with Gasteiger partial charge in [0, 0.05) is 16.0 Å². The molecule has 0 unspecified atom stereocenters. The molecular weight excluding hydrogens is 323 g/mol. The standard InChI is InChI=1S/C12H9BrCl2N2/c13-11-5-9(14)2-1-8(11)6-16-10-3-4-12(15)17-7-10/h1-5,7,16H,6H2. The molecule has 2 nitrogen and oxygen atoms in total. The molecule has 1 aromatic heterocycles. The Morgan fingerprint density at radius 1 is 1.18 bits per heavy atom. The second kappa shape index (κ2) is 5.71. The number of benzene rings is 1. The molecule has 88 valence electrons. The first kappa shape index (κ1) is 12.7. The van der Waals surface area contributed by atoms with Gasteiger partial charge in [-0.25, -0.2) is 4.98 Å². The Kier molecular flexibility index (Phi) is 4.26. The van der Waals surface area contributed by atoms with Crippen molar-refractivity contribution in [2.24, 2.45) is 0 Å². The first-order valence-corrected chi connectivity index (χ1v) is 6.49.